The van der Waals surface area contributed by atoms with Gasteiger partial charge in [-0.3, -0.25) is 0 Å². The first-order valence-corrected chi connectivity index (χ1v) is 8.31. The molecule has 0 atom stereocenters. The van der Waals surface area contributed by atoms with Gasteiger partial charge in [0.25, 0.3) is 0 Å². The number of ether oxygens (including phenoxy) is 1. The lowest BCUT2D eigenvalue weighted by atomic mass is 10.2. The predicted octanol–water partition coefficient (Wildman–Crippen LogP) is 5.23. The fourth-order valence-corrected chi connectivity index (χ4v) is 2.59. The van der Waals surface area contributed by atoms with Crippen molar-refractivity contribution in [2.24, 2.45) is 0 Å². The zero-order valence-electron chi connectivity index (χ0n) is 14.5. The lowest BCUT2D eigenvalue weighted by molar-refractivity contribution is -0.137. The van der Waals surface area contributed by atoms with E-state index < -0.39 is 16.8 Å². The van der Waals surface area contributed by atoms with Gasteiger partial charge in [0.05, 0.1) is 17.7 Å². The lowest BCUT2D eigenvalue weighted by Gasteiger charge is -2.14. The molecule has 0 amide bonds. The van der Waals surface area contributed by atoms with E-state index in [0.29, 0.717) is 17.3 Å². The van der Waals surface area contributed by atoms with Gasteiger partial charge in [-0.1, -0.05) is 11.6 Å². The minimum Gasteiger partial charge on any atom is -0.497 e. The Kier molecular flexibility index (Phi) is 5.46. The Morgan fingerprint density at radius 2 is 1.54 bits per heavy atom. The maximum atomic E-state index is 13.0. The van der Waals surface area contributed by atoms with Crippen LogP contribution >= 0.6 is 11.6 Å². The quantitative estimate of drug-likeness (QED) is 0.535. The van der Waals surface area contributed by atoms with Crippen LogP contribution in [0.1, 0.15) is 5.56 Å². The normalized spacial score (nSPS) is 11.2. The number of anilines is 5. The van der Waals surface area contributed by atoms with Crippen molar-refractivity contribution >= 4 is 40.3 Å². The van der Waals surface area contributed by atoms with Crippen LogP contribution in [-0.2, 0) is 6.18 Å². The summed E-state index contributed by atoms with van der Waals surface area (Å²) in [7, 11) is 1.56. The zero-order valence-corrected chi connectivity index (χ0v) is 15.3. The Bertz CT molecular complexity index is 980. The number of methoxy groups -OCH3 is 1. The summed E-state index contributed by atoms with van der Waals surface area (Å²) < 4.78 is 44.2. The molecular formula is C18H15ClF3N5O. The van der Waals surface area contributed by atoms with Crippen molar-refractivity contribution in [3.63, 3.8) is 0 Å². The third-order valence-electron chi connectivity index (χ3n) is 3.77. The number of halogens is 4. The smallest absolute Gasteiger partial charge is 0.417 e. The van der Waals surface area contributed by atoms with Gasteiger partial charge in [0.15, 0.2) is 11.6 Å². The van der Waals surface area contributed by atoms with Gasteiger partial charge in [-0.2, -0.15) is 13.2 Å². The number of hydrogen-bond donors (Lipinski definition) is 3. The summed E-state index contributed by atoms with van der Waals surface area (Å²) in [6.45, 7) is 0. The maximum absolute atomic E-state index is 13.0. The van der Waals surface area contributed by atoms with E-state index in [0.717, 1.165) is 12.1 Å². The van der Waals surface area contributed by atoms with Crippen LogP contribution in [0.3, 0.4) is 0 Å². The number of aromatic nitrogens is 2. The molecule has 2 aromatic carbocycles. The number of benzene rings is 2. The molecule has 0 spiro atoms. The molecule has 0 aliphatic heterocycles. The van der Waals surface area contributed by atoms with Crippen molar-refractivity contribution in [2.75, 3.05) is 23.5 Å². The maximum Gasteiger partial charge on any atom is 0.417 e. The Balaban J connectivity index is 1.85. The molecule has 3 aromatic rings. The first-order chi connectivity index (χ1) is 13.3. The highest BCUT2D eigenvalue weighted by atomic mass is 35.5. The van der Waals surface area contributed by atoms with Gasteiger partial charge < -0.3 is 21.1 Å². The molecule has 1 heterocycles. The predicted molar refractivity (Wildman–Crippen MR) is 102 cm³/mol. The molecule has 3 rings (SSSR count). The van der Waals surface area contributed by atoms with Crippen LogP contribution in [0.4, 0.5) is 41.9 Å². The number of nitrogens with one attached hydrogen (secondary N) is 2. The van der Waals surface area contributed by atoms with Gasteiger partial charge in [-0.05, 0) is 42.5 Å². The Morgan fingerprint density at radius 1 is 0.964 bits per heavy atom. The highest BCUT2D eigenvalue weighted by Gasteiger charge is 2.33. The third kappa shape index (κ3) is 4.37. The molecule has 0 aliphatic carbocycles. The average Bonchev–Trinajstić information content (AvgIpc) is 2.66. The topological polar surface area (TPSA) is 85.1 Å². The molecule has 0 bridgehead atoms. The van der Waals surface area contributed by atoms with E-state index >= 15 is 0 Å². The third-order valence-corrected chi connectivity index (χ3v) is 4.10. The summed E-state index contributed by atoms with van der Waals surface area (Å²) in [4.78, 5) is 8.07. The van der Waals surface area contributed by atoms with Gasteiger partial charge in [0, 0.05) is 11.4 Å². The highest BCUT2D eigenvalue weighted by Crippen LogP contribution is 2.37. The van der Waals surface area contributed by atoms with E-state index in [2.05, 4.69) is 20.6 Å². The van der Waals surface area contributed by atoms with Crippen LogP contribution in [0, 0.1) is 0 Å². The fraction of sp³-hybridized carbons (Fsp3) is 0.111. The zero-order chi connectivity index (χ0) is 20.3. The van der Waals surface area contributed by atoms with E-state index in [1.807, 2.05) is 0 Å². The molecule has 28 heavy (non-hydrogen) atoms. The van der Waals surface area contributed by atoms with E-state index in [4.69, 9.17) is 22.1 Å². The summed E-state index contributed by atoms with van der Waals surface area (Å²) in [5.41, 5.74) is 6.09. The van der Waals surface area contributed by atoms with Gasteiger partial charge in [-0.15, -0.1) is 0 Å². The van der Waals surface area contributed by atoms with E-state index in [1.54, 1.807) is 31.4 Å². The van der Waals surface area contributed by atoms with Crippen LogP contribution in [-0.4, -0.2) is 17.1 Å². The number of rotatable bonds is 5. The first kappa shape index (κ1) is 19.6. The van der Waals surface area contributed by atoms with Crippen LogP contribution in [0.25, 0.3) is 0 Å². The molecule has 10 heteroatoms. The molecule has 0 radical (unpaired) electrons. The first-order valence-electron chi connectivity index (χ1n) is 7.93. The average molecular weight is 410 g/mol. The summed E-state index contributed by atoms with van der Waals surface area (Å²) in [5, 5.41) is 5.39. The van der Waals surface area contributed by atoms with Gasteiger partial charge in [0.2, 0.25) is 0 Å². The number of nitrogen functional groups attached to an aromatic ring is 1. The Labute approximate surface area is 163 Å². The van der Waals surface area contributed by atoms with Crippen LogP contribution < -0.4 is 21.1 Å². The van der Waals surface area contributed by atoms with Gasteiger partial charge >= 0.3 is 6.18 Å². The second kappa shape index (κ2) is 7.81. The Morgan fingerprint density at radius 3 is 2.11 bits per heavy atom. The molecule has 0 fully saturated rings. The van der Waals surface area contributed by atoms with Crippen molar-refractivity contribution in [1.29, 1.82) is 0 Å². The molecular weight excluding hydrogens is 395 g/mol. The second-order valence-electron chi connectivity index (χ2n) is 5.66. The number of nitrogens with zero attached hydrogens (tertiary/aromatic N) is 2. The fourth-order valence-electron chi connectivity index (χ4n) is 2.36. The molecule has 0 saturated carbocycles. The summed E-state index contributed by atoms with van der Waals surface area (Å²) in [5.74, 6) is 1.14. The van der Waals surface area contributed by atoms with Crippen LogP contribution in [0.5, 0.6) is 5.75 Å². The summed E-state index contributed by atoms with van der Waals surface area (Å²) in [6, 6.07) is 10.5. The molecule has 146 valence electrons. The molecule has 0 aliphatic rings. The monoisotopic (exact) mass is 409 g/mol. The summed E-state index contributed by atoms with van der Waals surface area (Å²) >= 11 is 5.64. The SMILES string of the molecule is COc1ccc(Nc2ncnc(Nc3ccc(Cl)c(C(F)(F)F)c3)c2N)cc1. The van der Waals surface area contributed by atoms with Crippen LogP contribution in [0.2, 0.25) is 5.02 Å². The molecule has 6 nitrogen and oxygen atoms in total. The molecule has 4 N–H and O–H groups in total. The van der Waals surface area contributed by atoms with Gasteiger partial charge in [0.1, 0.15) is 17.8 Å². The highest BCUT2D eigenvalue weighted by molar-refractivity contribution is 6.31. The number of hydrogen-bond acceptors (Lipinski definition) is 6. The van der Waals surface area contributed by atoms with E-state index in [1.165, 1.54) is 12.4 Å². The summed E-state index contributed by atoms with van der Waals surface area (Å²) in [6.07, 6.45) is -3.34. The minimum absolute atomic E-state index is 0.137. The van der Waals surface area contributed by atoms with Crippen molar-refractivity contribution in [2.45, 2.75) is 6.18 Å². The molecule has 0 saturated heterocycles. The Hall–Kier alpha value is -3.20. The number of nitrogens with two attached hydrogens (primary N) is 1. The van der Waals surface area contributed by atoms with Crippen molar-refractivity contribution in [1.82, 2.24) is 9.97 Å². The lowest BCUT2D eigenvalue weighted by Crippen LogP contribution is -2.08. The van der Waals surface area contributed by atoms with Crippen molar-refractivity contribution in [3.05, 3.63) is 59.4 Å². The van der Waals surface area contributed by atoms with E-state index in [9.17, 15) is 13.2 Å². The standard InChI is InChI=1S/C18H15ClF3N5O/c1-28-12-5-2-10(3-6-12)26-16-15(23)17(25-9-24-16)27-11-4-7-14(19)13(8-11)18(20,21)22/h2-9H,23H2,1H3,(H2,24,25,26,27). The van der Waals surface area contributed by atoms with E-state index in [-0.39, 0.29) is 17.2 Å². The molecule has 1 aromatic heterocycles. The molecule has 0 unspecified atom stereocenters. The van der Waals surface area contributed by atoms with Gasteiger partial charge in [-0.25, -0.2) is 9.97 Å². The van der Waals surface area contributed by atoms with Crippen LogP contribution in [0.15, 0.2) is 48.8 Å². The second-order valence-corrected chi connectivity index (χ2v) is 6.06. The largest absolute Gasteiger partial charge is 0.497 e. The van der Waals surface area contributed by atoms with Crippen molar-refractivity contribution < 1.29 is 17.9 Å². The number of alkyl halides is 3. The van der Waals surface area contributed by atoms with Crippen molar-refractivity contribution in [3.8, 4) is 5.75 Å². The minimum atomic E-state index is -4.58.